The van der Waals surface area contributed by atoms with E-state index in [9.17, 15) is 0 Å². The summed E-state index contributed by atoms with van der Waals surface area (Å²) >= 11 is 3.30. The summed E-state index contributed by atoms with van der Waals surface area (Å²) in [5.41, 5.74) is 1.04. The van der Waals surface area contributed by atoms with Crippen LogP contribution in [0.15, 0.2) is 16.8 Å². The molecule has 0 atom stereocenters. The number of rotatable bonds is 6. The lowest BCUT2D eigenvalue weighted by atomic mass is 10.3. The number of anilines is 2. The van der Waals surface area contributed by atoms with Crippen molar-refractivity contribution in [3.8, 4) is 0 Å². The first-order valence-electron chi connectivity index (χ1n) is 6.90. The van der Waals surface area contributed by atoms with Crippen LogP contribution in [0.25, 0.3) is 10.2 Å². The SMILES string of the molecule is CCCNc1nc(NCc2csc(C)n2)c2ccsc2n1. The van der Waals surface area contributed by atoms with Crippen molar-refractivity contribution in [1.82, 2.24) is 15.0 Å². The quantitative estimate of drug-likeness (QED) is 0.721. The van der Waals surface area contributed by atoms with Gasteiger partial charge in [-0.2, -0.15) is 4.98 Å². The molecule has 3 aromatic heterocycles. The molecule has 0 bridgehead atoms. The fourth-order valence-electron chi connectivity index (χ4n) is 1.97. The average Bonchev–Trinajstić information content (AvgIpc) is 3.11. The Morgan fingerprint density at radius 1 is 1.14 bits per heavy atom. The minimum Gasteiger partial charge on any atom is -0.364 e. The predicted octanol–water partition coefficient (Wildman–Crippen LogP) is 3.89. The maximum Gasteiger partial charge on any atom is 0.226 e. The first-order chi connectivity index (χ1) is 10.3. The Morgan fingerprint density at radius 2 is 2.05 bits per heavy atom. The van der Waals surface area contributed by atoms with Gasteiger partial charge in [0.25, 0.3) is 0 Å². The van der Waals surface area contributed by atoms with E-state index in [-0.39, 0.29) is 0 Å². The summed E-state index contributed by atoms with van der Waals surface area (Å²) in [6.07, 6.45) is 1.05. The van der Waals surface area contributed by atoms with Gasteiger partial charge in [-0.15, -0.1) is 22.7 Å². The molecule has 3 heterocycles. The third-order valence-electron chi connectivity index (χ3n) is 2.96. The molecule has 0 aliphatic carbocycles. The van der Waals surface area contributed by atoms with Crippen LogP contribution in [0.1, 0.15) is 24.0 Å². The lowest BCUT2D eigenvalue weighted by Gasteiger charge is -2.08. The van der Waals surface area contributed by atoms with E-state index >= 15 is 0 Å². The van der Waals surface area contributed by atoms with Gasteiger partial charge >= 0.3 is 0 Å². The third-order valence-corrected chi connectivity index (χ3v) is 4.59. The molecule has 0 aliphatic rings. The Bertz CT molecular complexity index is 734. The van der Waals surface area contributed by atoms with Crippen molar-refractivity contribution in [1.29, 1.82) is 0 Å². The molecule has 0 aliphatic heterocycles. The van der Waals surface area contributed by atoms with Gasteiger partial charge in [0, 0.05) is 11.9 Å². The first kappa shape index (κ1) is 14.2. The number of nitrogens with one attached hydrogen (secondary N) is 2. The van der Waals surface area contributed by atoms with Crippen molar-refractivity contribution in [2.45, 2.75) is 26.8 Å². The molecular formula is C14H17N5S2. The molecule has 110 valence electrons. The zero-order valence-corrected chi connectivity index (χ0v) is 13.6. The van der Waals surface area contributed by atoms with E-state index in [0.717, 1.165) is 39.7 Å². The minimum atomic E-state index is 0.680. The average molecular weight is 319 g/mol. The molecule has 0 fully saturated rings. The van der Waals surface area contributed by atoms with E-state index < -0.39 is 0 Å². The molecule has 0 spiro atoms. The number of hydrogen-bond donors (Lipinski definition) is 2. The lowest BCUT2D eigenvalue weighted by Crippen LogP contribution is -2.08. The second-order valence-electron chi connectivity index (χ2n) is 4.67. The molecule has 21 heavy (non-hydrogen) atoms. The van der Waals surface area contributed by atoms with Gasteiger partial charge in [0.15, 0.2) is 0 Å². The molecule has 2 N–H and O–H groups in total. The molecule has 0 radical (unpaired) electrons. The van der Waals surface area contributed by atoms with Gasteiger partial charge in [0.1, 0.15) is 10.6 Å². The molecule has 5 nitrogen and oxygen atoms in total. The lowest BCUT2D eigenvalue weighted by molar-refractivity contribution is 0.955. The monoisotopic (exact) mass is 319 g/mol. The minimum absolute atomic E-state index is 0.680. The van der Waals surface area contributed by atoms with Gasteiger partial charge in [-0.3, -0.25) is 0 Å². The maximum absolute atomic E-state index is 4.58. The number of thiazole rings is 1. The molecule has 0 saturated carbocycles. The highest BCUT2D eigenvalue weighted by Gasteiger charge is 2.09. The van der Waals surface area contributed by atoms with E-state index in [1.54, 1.807) is 22.7 Å². The molecule has 3 aromatic rings. The van der Waals surface area contributed by atoms with E-state index in [2.05, 4.69) is 44.0 Å². The number of thiophene rings is 1. The molecule has 0 unspecified atom stereocenters. The van der Waals surface area contributed by atoms with E-state index in [0.29, 0.717) is 12.5 Å². The van der Waals surface area contributed by atoms with Crippen LogP contribution in [0.3, 0.4) is 0 Å². The van der Waals surface area contributed by atoms with Crippen molar-refractivity contribution >= 4 is 44.7 Å². The fourth-order valence-corrected chi connectivity index (χ4v) is 3.35. The van der Waals surface area contributed by atoms with Gasteiger partial charge < -0.3 is 10.6 Å². The zero-order chi connectivity index (χ0) is 14.7. The Labute approximate surface area is 131 Å². The van der Waals surface area contributed by atoms with Gasteiger partial charge in [-0.05, 0) is 24.8 Å². The second-order valence-corrected chi connectivity index (χ2v) is 6.63. The van der Waals surface area contributed by atoms with Crippen molar-refractivity contribution in [3.63, 3.8) is 0 Å². The topological polar surface area (TPSA) is 62.7 Å². The number of aryl methyl sites for hydroxylation is 1. The normalized spacial score (nSPS) is 11.0. The summed E-state index contributed by atoms with van der Waals surface area (Å²) in [7, 11) is 0. The van der Waals surface area contributed by atoms with Crippen molar-refractivity contribution in [3.05, 3.63) is 27.5 Å². The van der Waals surface area contributed by atoms with Crippen LogP contribution in [-0.2, 0) is 6.54 Å². The largest absolute Gasteiger partial charge is 0.364 e. The van der Waals surface area contributed by atoms with Crippen LogP contribution in [0.5, 0.6) is 0 Å². The van der Waals surface area contributed by atoms with Gasteiger partial charge in [0.05, 0.1) is 22.6 Å². The van der Waals surface area contributed by atoms with E-state index in [1.807, 2.05) is 12.3 Å². The van der Waals surface area contributed by atoms with Crippen molar-refractivity contribution in [2.75, 3.05) is 17.2 Å². The number of aromatic nitrogens is 3. The van der Waals surface area contributed by atoms with Crippen LogP contribution in [0.2, 0.25) is 0 Å². The van der Waals surface area contributed by atoms with E-state index in [1.165, 1.54) is 0 Å². The van der Waals surface area contributed by atoms with Crippen LogP contribution in [0, 0.1) is 6.92 Å². The molecule has 0 saturated heterocycles. The summed E-state index contributed by atoms with van der Waals surface area (Å²) < 4.78 is 0. The number of hydrogen-bond acceptors (Lipinski definition) is 7. The van der Waals surface area contributed by atoms with E-state index in [4.69, 9.17) is 0 Å². The summed E-state index contributed by atoms with van der Waals surface area (Å²) in [4.78, 5) is 14.6. The van der Waals surface area contributed by atoms with Crippen molar-refractivity contribution < 1.29 is 0 Å². The Hall–Kier alpha value is -1.73. The van der Waals surface area contributed by atoms with Crippen LogP contribution >= 0.6 is 22.7 Å². The van der Waals surface area contributed by atoms with Crippen LogP contribution in [0.4, 0.5) is 11.8 Å². The molecule has 0 amide bonds. The smallest absolute Gasteiger partial charge is 0.226 e. The predicted molar refractivity (Wildman–Crippen MR) is 90.4 cm³/mol. The molecule has 7 heteroatoms. The maximum atomic E-state index is 4.58. The van der Waals surface area contributed by atoms with Crippen molar-refractivity contribution in [2.24, 2.45) is 0 Å². The number of nitrogens with zero attached hydrogens (tertiary/aromatic N) is 3. The summed E-state index contributed by atoms with van der Waals surface area (Å²) in [5, 5.41) is 12.9. The van der Waals surface area contributed by atoms with Gasteiger partial charge in [-0.25, -0.2) is 9.97 Å². The van der Waals surface area contributed by atoms with Crippen LogP contribution < -0.4 is 10.6 Å². The Morgan fingerprint density at radius 3 is 2.81 bits per heavy atom. The van der Waals surface area contributed by atoms with Crippen LogP contribution in [-0.4, -0.2) is 21.5 Å². The summed E-state index contributed by atoms with van der Waals surface area (Å²) in [5.74, 6) is 1.55. The molecular weight excluding hydrogens is 302 g/mol. The highest BCUT2D eigenvalue weighted by Crippen LogP contribution is 2.26. The Balaban J connectivity index is 1.83. The first-order valence-corrected chi connectivity index (χ1v) is 8.66. The summed E-state index contributed by atoms with van der Waals surface area (Å²) in [6.45, 7) is 5.70. The van der Waals surface area contributed by atoms with Gasteiger partial charge in [-0.1, -0.05) is 6.92 Å². The highest BCUT2D eigenvalue weighted by atomic mass is 32.1. The summed E-state index contributed by atoms with van der Waals surface area (Å²) in [6, 6.07) is 2.05. The second kappa shape index (κ2) is 6.36. The zero-order valence-electron chi connectivity index (χ0n) is 12.0. The third kappa shape index (κ3) is 3.30. The van der Waals surface area contributed by atoms with Gasteiger partial charge in [0.2, 0.25) is 5.95 Å². The standard InChI is InChI=1S/C14H17N5S2/c1-3-5-15-14-18-12(11-4-6-20-13(11)19-14)16-7-10-8-21-9(2)17-10/h4,6,8H,3,5,7H2,1-2H3,(H2,15,16,18,19). The highest BCUT2D eigenvalue weighted by molar-refractivity contribution is 7.16. The molecule has 3 rings (SSSR count). The fraction of sp³-hybridized carbons (Fsp3) is 0.357. The number of fused-ring (bicyclic) bond motifs is 1. The molecule has 0 aromatic carbocycles. The Kier molecular flexibility index (Phi) is 4.31.